The van der Waals surface area contributed by atoms with Gasteiger partial charge in [0.1, 0.15) is 4.88 Å². The average molecular weight is 300 g/mol. The first kappa shape index (κ1) is 11.3. The molecule has 84 valence electrons. The van der Waals surface area contributed by atoms with Crippen LogP contribution in [0.15, 0.2) is 28.2 Å². The lowest BCUT2D eigenvalue weighted by Gasteiger charge is -2.01. The van der Waals surface area contributed by atoms with Gasteiger partial charge in [-0.15, -0.1) is 11.3 Å². The summed E-state index contributed by atoms with van der Waals surface area (Å²) in [5, 5.41) is 8.88. The monoisotopic (exact) mass is 299 g/mol. The van der Waals surface area contributed by atoms with Crippen molar-refractivity contribution in [3.63, 3.8) is 0 Å². The van der Waals surface area contributed by atoms with Crippen LogP contribution in [-0.2, 0) is 13.6 Å². The molecule has 0 atom stereocenters. The van der Waals surface area contributed by atoms with E-state index in [1.54, 1.807) is 4.68 Å². The van der Waals surface area contributed by atoms with Gasteiger partial charge < -0.3 is 5.32 Å². The van der Waals surface area contributed by atoms with Gasteiger partial charge in [0.15, 0.2) is 0 Å². The number of rotatable bonds is 3. The number of nitrogens with zero attached hydrogens (tertiary/aromatic N) is 2. The van der Waals surface area contributed by atoms with Crippen molar-refractivity contribution in [2.45, 2.75) is 6.54 Å². The number of carbonyl (C=O) groups excluding carboxylic acids is 1. The van der Waals surface area contributed by atoms with Crippen molar-refractivity contribution in [1.82, 2.24) is 15.1 Å². The maximum atomic E-state index is 11.7. The van der Waals surface area contributed by atoms with E-state index in [0.29, 0.717) is 11.4 Å². The first-order valence-electron chi connectivity index (χ1n) is 4.66. The average Bonchev–Trinajstić information content (AvgIpc) is 2.84. The van der Waals surface area contributed by atoms with Crippen LogP contribution in [0.5, 0.6) is 0 Å². The highest BCUT2D eigenvalue weighted by Gasteiger charge is 2.11. The second-order valence-corrected chi connectivity index (χ2v) is 5.03. The number of aryl methyl sites for hydroxylation is 1. The molecular weight excluding hydrogens is 290 g/mol. The molecule has 1 N–H and O–H groups in total. The number of aromatic nitrogens is 2. The first-order chi connectivity index (χ1) is 7.66. The molecule has 4 nitrogen and oxygen atoms in total. The quantitative estimate of drug-likeness (QED) is 0.944. The summed E-state index contributed by atoms with van der Waals surface area (Å²) in [5.41, 5.74) is 0.850. The number of thiophene rings is 1. The van der Waals surface area contributed by atoms with Crippen molar-refractivity contribution < 1.29 is 4.79 Å². The Morgan fingerprint density at radius 1 is 1.62 bits per heavy atom. The third kappa shape index (κ3) is 2.51. The fourth-order valence-electron chi connectivity index (χ4n) is 1.26. The summed E-state index contributed by atoms with van der Waals surface area (Å²) in [6.45, 7) is 0.448. The number of hydrogen-bond acceptors (Lipinski definition) is 3. The van der Waals surface area contributed by atoms with Crippen molar-refractivity contribution in [3.05, 3.63) is 38.8 Å². The zero-order valence-electron chi connectivity index (χ0n) is 8.61. The van der Waals surface area contributed by atoms with Crippen molar-refractivity contribution in [2.75, 3.05) is 0 Å². The smallest absolute Gasteiger partial charge is 0.262 e. The Kier molecular flexibility index (Phi) is 3.40. The molecule has 16 heavy (non-hydrogen) atoms. The van der Waals surface area contributed by atoms with Crippen LogP contribution >= 0.6 is 27.3 Å². The van der Waals surface area contributed by atoms with Gasteiger partial charge in [-0.2, -0.15) is 5.10 Å². The molecule has 0 aliphatic rings. The Labute approximate surface area is 105 Å². The predicted octanol–water partition coefficient (Wildman–Crippen LogP) is 2.17. The van der Waals surface area contributed by atoms with Crippen LogP contribution in [-0.4, -0.2) is 15.7 Å². The van der Waals surface area contributed by atoms with E-state index < -0.39 is 0 Å². The summed E-state index contributed by atoms with van der Waals surface area (Å²) >= 11 is 4.74. The van der Waals surface area contributed by atoms with E-state index in [-0.39, 0.29) is 5.91 Å². The van der Waals surface area contributed by atoms with Gasteiger partial charge in [-0.05, 0) is 33.4 Å². The standard InChI is InChI=1S/C10H10BrN3OS/c1-14-4-2-7(13-14)6-12-10(15)9-8(11)3-5-16-9/h2-5H,6H2,1H3,(H,12,15). The molecule has 0 fully saturated rings. The maximum Gasteiger partial charge on any atom is 0.262 e. The number of hydrogen-bond donors (Lipinski definition) is 1. The van der Waals surface area contributed by atoms with Crippen LogP contribution in [0.25, 0.3) is 0 Å². The molecule has 0 unspecified atom stereocenters. The van der Waals surface area contributed by atoms with E-state index in [2.05, 4.69) is 26.3 Å². The van der Waals surface area contributed by atoms with Gasteiger partial charge in [-0.25, -0.2) is 0 Å². The molecule has 0 aliphatic carbocycles. The fraction of sp³-hybridized carbons (Fsp3) is 0.200. The van der Waals surface area contributed by atoms with Crippen LogP contribution in [0, 0.1) is 0 Å². The van der Waals surface area contributed by atoms with Crippen LogP contribution in [0.2, 0.25) is 0 Å². The van der Waals surface area contributed by atoms with E-state index in [1.165, 1.54) is 11.3 Å². The minimum absolute atomic E-state index is 0.0764. The van der Waals surface area contributed by atoms with Crippen molar-refractivity contribution >= 4 is 33.2 Å². The van der Waals surface area contributed by atoms with Gasteiger partial charge in [0, 0.05) is 17.7 Å². The number of halogens is 1. The molecule has 1 amide bonds. The normalized spacial score (nSPS) is 10.4. The molecule has 0 bridgehead atoms. The number of amides is 1. The lowest BCUT2D eigenvalue weighted by atomic mass is 10.4. The van der Waals surface area contributed by atoms with Gasteiger partial charge in [-0.1, -0.05) is 0 Å². The third-order valence-corrected chi connectivity index (χ3v) is 3.86. The van der Waals surface area contributed by atoms with E-state index in [9.17, 15) is 4.79 Å². The van der Waals surface area contributed by atoms with E-state index in [4.69, 9.17) is 0 Å². The molecule has 6 heteroatoms. The van der Waals surface area contributed by atoms with E-state index in [1.807, 2.05) is 30.8 Å². The molecule has 0 aromatic carbocycles. The Balaban J connectivity index is 1.96. The van der Waals surface area contributed by atoms with Gasteiger partial charge in [0.25, 0.3) is 5.91 Å². The van der Waals surface area contributed by atoms with Gasteiger partial charge >= 0.3 is 0 Å². The Morgan fingerprint density at radius 3 is 3.00 bits per heavy atom. The Morgan fingerprint density at radius 2 is 2.44 bits per heavy atom. The van der Waals surface area contributed by atoms with Crippen LogP contribution < -0.4 is 5.32 Å². The second-order valence-electron chi connectivity index (χ2n) is 3.26. The summed E-state index contributed by atoms with van der Waals surface area (Å²) in [4.78, 5) is 12.4. The molecule has 2 heterocycles. The summed E-state index contributed by atoms with van der Waals surface area (Å²) in [7, 11) is 1.85. The van der Waals surface area contributed by atoms with Crippen LogP contribution in [0.4, 0.5) is 0 Å². The van der Waals surface area contributed by atoms with Crippen LogP contribution in [0.3, 0.4) is 0 Å². The summed E-state index contributed by atoms with van der Waals surface area (Å²) in [5.74, 6) is -0.0764. The molecule has 0 aliphatic heterocycles. The lowest BCUT2D eigenvalue weighted by Crippen LogP contribution is -2.22. The van der Waals surface area contributed by atoms with Crippen LogP contribution in [0.1, 0.15) is 15.4 Å². The highest BCUT2D eigenvalue weighted by Crippen LogP contribution is 2.22. The molecule has 0 saturated carbocycles. The summed E-state index contributed by atoms with van der Waals surface area (Å²) in [6.07, 6.45) is 1.85. The first-order valence-corrected chi connectivity index (χ1v) is 6.34. The Hall–Kier alpha value is -1.14. The van der Waals surface area contributed by atoms with E-state index >= 15 is 0 Å². The number of carbonyl (C=O) groups is 1. The highest BCUT2D eigenvalue weighted by molar-refractivity contribution is 9.10. The second kappa shape index (κ2) is 4.80. The minimum atomic E-state index is -0.0764. The van der Waals surface area contributed by atoms with Crippen molar-refractivity contribution in [1.29, 1.82) is 0 Å². The van der Waals surface area contributed by atoms with Gasteiger partial charge in [0.05, 0.1) is 12.2 Å². The minimum Gasteiger partial charge on any atom is -0.346 e. The molecule has 2 aromatic rings. The SMILES string of the molecule is Cn1ccc(CNC(=O)c2sccc2Br)n1. The molecular formula is C10H10BrN3OS. The molecule has 2 aromatic heterocycles. The molecule has 2 rings (SSSR count). The zero-order valence-corrected chi connectivity index (χ0v) is 11.0. The predicted molar refractivity (Wildman–Crippen MR) is 66.4 cm³/mol. The number of nitrogens with one attached hydrogen (secondary N) is 1. The topological polar surface area (TPSA) is 46.9 Å². The summed E-state index contributed by atoms with van der Waals surface area (Å²) < 4.78 is 2.54. The lowest BCUT2D eigenvalue weighted by molar-refractivity contribution is 0.0953. The van der Waals surface area contributed by atoms with Gasteiger partial charge in [-0.3, -0.25) is 9.48 Å². The highest BCUT2D eigenvalue weighted by atomic mass is 79.9. The summed E-state index contributed by atoms with van der Waals surface area (Å²) in [6, 6.07) is 3.74. The largest absolute Gasteiger partial charge is 0.346 e. The zero-order chi connectivity index (χ0) is 11.5. The molecule has 0 radical (unpaired) electrons. The molecule has 0 saturated heterocycles. The van der Waals surface area contributed by atoms with Crippen molar-refractivity contribution in [2.24, 2.45) is 7.05 Å². The Bertz CT molecular complexity index is 506. The van der Waals surface area contributed by atoms with Gasteiger partial charge in [0.2, 0.25) is 0 Å². The van der Waals surface area contributed by atoms with Crippen molar-refractivity contribution in [3.8, 4) is 0 Å². The third-order valence-electron chi connectivity index (χ3n) is 2.02. The van der Waals surface area contributed by atoms with E-state index in [0.717, 1.165) is 10.2 Å². The maximum absolute atomic E-state index is 11.7. The fourth-order valence-corrected chi connectivity index (χ4v) is 2.73. The molecule has 0 spiro atoms.